The number of Topliss-reactive ketones (excluding diaryl/α,β-unsaturated/α-hetero) is 1. The molecule has 0 radical (unpaired) electrons. The number of β-lactam (4-membered cyclic amide) rings is 1. The lowest BCUT2D eigenvalue weighted by Gasteiger charge is -2.45. The van der Waals surface area contributed by atoms with Crippen LogP contribution < -0.4 is 5.32 Å². The van der Waals surface area contributed by atoms with Gasteiger partial charge in [-0.15, -0.1) is 11.3 Å². The number of amides is 1. The van der Waals surface area contributed by atoms with Gasteiger partial charge in [0.2, 0.25) is 5.91 Å². The fourth-order valence-corrected chi connectivity index (χ4v) is 5.34. The smallest absolute Gasteiger partial charge is 0.348 e. The molecule has 1 N–H and O–H groups in total. The van der Waals surface area contributed by atoms with E-state index in [1.54, 1.807) is 32.2 Å². The van der Waals surface area contributed by atoms with Gasteiger partial charge in [-0.3, -0.25) is 9.59 Å². The predicted octanol–water partition coefficient (Wildman–Crippen LogP) is 4.80. The zero-order valence-corrected chi connectivity index (χ0v) is 21.4. The summed E-state index contributed by atoms with van der Waals surface area (Å²) < 4.78 is 11.7. The Balaban J connectivity index is 2.02. The van der Waals surface area contributed by atoms with E-state index >= 15 is 0 Å². The monoisotopic (exact) mass is 453 g/mol. The number of hydrogen-bond acceptors (Lipinski definition) is 6. The van der Waals surface area contributed by atoms with E-state index in [2.05, 4.69) is 39.2 Å². The molecule has 2 rings (SSSR count). The van der Waals surface area contributed by atoms with Crippen LogP contribution in [-0.2, 0) is 14.0 Å². The molecule has 1 fully saturated rings. The van der Waals surface area contributed by atoms with Crippen LogP contribution in [0.1, 0.15) is 74.9 Å². The Morgan fingerprint density at radius 3 is 2.30 bits per heavy atom. The van der Waals surface area contributed by atoms with Crippen LogP contribution in [0, 0.1) is 5.92 Å². The molecule has 0 aromatic carbocycles. The lowest BCUT2D eigenvalue weighted by Crippen LogP contribution is -2.64. The maximum absolute atomic E-state index is 12.8. The summed E-state index contributed by atoms with van der Waals surface area (Å²) >= 11 is 1.20. The van der Waals surface area contributed by atoms with E-state index in [0.717, 1.165) is 0 Å². The average Bonchev–Trinajstić information content (AvgIpc) is 3.00. The summed E-state index contributed by atoms with van der Waals surface area (Å²) in [7, 11) is -2.02. The molecule has 3 atom stereocenters. The summed E-state index contributed by atoms with van der Waals surface area (Å²) in [6.45, 7) is 18.1. The molecule has 168 valence electrons. The molecule has 1 amide bonds. The van der Waals surface area contributed by atoms with Crippen LogP contribution in [0.25, 0.3) is 0 Å². The largest absolute Gasteiger partial charge is 0.456 e. The van der Waals surface area contributed by atoms with E-state index in [1.807, 2.05) is 6.92 Å². The summed E-state index contributed by atoms with van der Waals surface area (Å²) in [5.74, 6) is -0.945. The fraction of sp³-hybridized carbons (Fsp3) is 0.682. The van der Waals surface area contributed by atoms with Crippen molar-refractivity contribution in [3.05, 3.63) is 21.9 Å². The van der Waals surface area contributed by atoms with E-state index in [4.69, 9.17) is 9.16 Å². The van der Waals surface area contributed by atoms with Crippen LogP contribution in [0.5, 0.6) is 0 Å². The molecule has 1 saturated heterocycles. The van der Waals surface area contributed by atoms with Crippen molar-refractivity contribution in [2.75, 3.05) is 0 Å². The van der Waals surface area contributed by atoms with Gasteiger partial charge in [0.1, 0.15) is 10.5 Å². The minimum atomic E-state index is -2.02. The van der Waals surface area contributed by atoms with Gasteiger partial charge in [0.25, 0.3) is 0 Å². The Labute approximate surface area is 184 Å². The van der Waals surface area contributed by atoms with Crippen molar-refractivity contribution in [3.8, 4) is 0 Å². The van der Waals surface area contributed by atoms with Crippen LogP contribution in [-0.4, -0.2) is 43.7 Å². The number of ether oxygens (including phenoxy) is 1. The number of rotatable bonds is 7. The molecule has 3 unspecified atom stereocenters. The van der Waals surface area contributed by atoms with Gasteiger partial charge in [0.15, 0.2) is 14.1 Å². The molecule has 1 aliphatic rings. The van der Waals surface area contributed by atoms with E-state index < -0.39 is 19.9 Å². The second-order valence-electron chi connectivity index (χ2n) is 10.6. The van der Waals surface area contributed by atoms with Gasteiger partial charge in [-0.1, -0.05) is 20.8 Å². The zero-order valence-electron chi connectivity index (χ0n) is 19.5. The molecule has 1 aliphatic heterocycles. The summed E-state index contributed by atoms with van der Waals surface area (Å²) in [4.78, 5) is 37.6. The third-order valence-corrected chi connectivity index (χ3v) is 11.3. The first-order valence-corrected chi connectivity index (χ1v) is 14.1. The molecule has 0 spiro atoms. The normalized spacial score (nSPS) is 20.9. The minimum absolute atomic E-state index is 0.0432. The lowest BCUT2D eigenvalue weighted by molar-refractivity contribution is -0.139. The molecule has 0 saturated carbocycles. The van der Waals surface area contributed by atoms with Crippen LogP contribution >= 0.6 is 11.3 Å². The second kappa shape index (κ2) is 8.55. The maximum Gasteiger partial charge on any atom is 0.348 e. The molecule has 0 aliphatic carbocycles. The van der Waals surface area contributed by atoms with Gasteiger partial charge in [0.05, 0.1) is 18.1 Å². The Hall–Kier alpha value is -1.51. The molecular weight excluding hydrogens is 418 g/mol. The van der Waals surface area contributed by atoms with Gasteiger partial charge >= 0.3 is 5.97 Å². The number of thiophene rings is 1. The first kappa shape index (κ1) is 24.8. The molecule has 1 aromatic heterocycles. The van der Waals surface area contributed by atoms with Crippen molar-refractivity contribution < 1.29 is 23.5 Å². The van der Waals surface area contributed by atoms with Crippen molar-refractivity contribution in [1.82, 2.24) is 5.32 Å². The Kier molecular flexibility index (Phi) is 7.06. The van der Waals surface area contributed by atoms with Crippen LogP contribution in [0.3, 0.4) is 0 Å². The van der Waals surface area contributed by atoms with E-state index in [0.29, 0.717) is 10.4 Å². The third kappa shape index (κ3) is 5.80. The standard InChI is InChI=1S/C22H35NO5SSi/c1-13(28-30(8,9)22(5,6)7)18-15(23-19(18)25)11-16(24)14-10-17(29-12-14)20(26)27-21(2,3)4/h10,12-13,15,18H,11H2,1-9H3,(H,23,25). The van der Waals surface area contributed by atoms with E-state index in [9.17, 15) is 14.4 Å². The summed E-state index contributed by atoms with van der Waals surface area (Å²) in [6.07, 6.45) is -0.0659. The average molecular weight is 454 g/mol. The molecular formula is C22H35NO5SSi. The SMILES string of the molecule is CC(O[Si](C)(C)C(C)(C)C)C1C(=O)NC1CC(=O)c1csc(C(=O)OC(C)(C)C)c1. The first-order chi connectivity index (χ1) is 13.5. The quantitative estimate of drug-likeness (QED) is 0.277. The third-order valence-electron chi connectivity index (χ3n) is 5.78. The van der Waals surface area contributed by atoms with Gasteiger partial charge in [-0.25, -0.2) is 4.79 Å². The van der Waals surface area contributed by atoms with Crippen molar-refractivity contribution in [3.63, 3.8) is 0 Å². The topological polar surface area (TPSA) is 81.7 Å². The second-order valence-corrected chi connectivity index (χ2v) is 16.2. The fourth-order valence-electron chi connectivity index (χ4n) is 3.12. The van der Waals surface area contributed by atoms with Crippen molar-refractivity contribution in [2.24, 2.45) is 5.92 Å². The number of nitrogens with one attached hydrogen (secondary N) is 1. The molecule has 1 aromatic rings. The van der Waals surface area contributed by atoms with Crippen molar-refractivity contribution in [2.45, 2.75) is 90.8 Å². The van der Waals surface area contributed by atoms with Gasteiger partial charge < -0.3 is 14.5 Å². The number of hydrogen-bond donors (Lipinski definition) is 1. The highest BCUT2D eigenvalue weighted by atomic mass is 32.1. The Bertz CT molecular complexity index is 818. The molecule has 2 heterocycles. The predicted molar refractivity (Wildman–Crippen MR) is 122 cm³/mol. The summed E-state index contributed by atoms with van der Waals surface area (Å²) in [5.41, 5.74) is -0.117. The lowest BCUT2D eigenvalue weighted by atomic mass is 9.82. The molecule has 30 heavy (non-hydrogen) atoms. The highest BCUT2D eigenvalue weighted by Crippen LogP contribution is 2.39. The van der Waals surface area contributed by atoms with Crippen LogP contribution in [0.2, 0.25) is 18.1 Å². The van der Waals surface area contributed by atoms with Gasteiger partial charge in [-0.05, 0) is 51.9 Å². The van der Waals surface area contributed by atoms with Crippen LogP contribution in [0.4, 0.5) is 0 Å². The number of ketones is 1. The molecule has 6 nitrogen and oxygen atoms in total. The van der Waals surface area contributed by atoms with Crippen LogP contribution in [0.15, 0.2) is 11.4 Å². The molecule has 8 heteroatoms. The van der Waals surface area contributed by atoms with E-state index in [-0.39, 0.29) is 41.2 Å². The highest BCUT2D eigenvalue weighted by Gasteiger charge is 2.47. The van der Waals surface area contributed by atoms with E-state index in [1.165, 1.54) is 11.3 Å². The maximum atomic E-state index is 12.8. The summed E-state index contributed by atoms with van der Waals surface area (Å²) in [5, 5.41) is 4.56. The Morgan fingerprint density at radius 1 is 1.20 bits per heavy atom. The number of carbonyl (C=O) groups is 3. The van der Waals surface area contributed by atoms with Crippen molar-refractivity contribution in [1.29, 1.82) is 0 Å². The number of esters is 1. The van der Waals surface area contributed by atoms with Crippen molar-refractivity contribution >= 4 is 37.3 Å². The van der Waals surface area contributed by atoms with Gasteiger partial charge in [0, 0.05) is 17.4 Å². The number of carbonyl (C=O) groups excluding carboxylic acids is 3. The minimum Gasteiger partial charge on any atom is -0.456 e. The zero-order chi connectivity index (χ0) is 23.1. The highest BCUT2D eigenvalue weighted by molar-refractivity contribution is 7.12. The molecule has 0 bridgehead atoms. The Morgan fingerprint density at radius 2 is 1.80 bits per heavy atom. The van der Waals surface area contributed by atoms with Gasteiger partial charge in [-0.2, -0.15) is 0 Å². The summed E-state index contributed by atoms with van der Waals surface area (Å²) in [6, 6.07) is 1.32. The first-order valence-electron chi connectivity index (χ1n) is 10.3.